The van der Waals surface area contributed by atoms with Crippen LogP contribution in [0, 0.1) is 6.92 Å². The van der Waals surface area contributed by atoms with Crippen LogP contribution < -0.4 is 15.0 Å². The zero-order chi connectivity index (χ0) is 29.3. The molecule has 0 spiro atoms. The molecule has 3 aromatic carbocycles. The fourth-order valence-corrected chi connectivity index (χ4v) is 4.78. The van der Waals surface area contributed by atoms with Crippen LogP contribution in [0.3, 0.4) is 0 Å². The summed E-state index contributed by atoms with van der Waals surface area (Å²) in [5.41, 5.74) is 3.03. The summed E-state index contributed by atoms with van der Waals surface area (Å²) in [4.78, 5) is 46.0. The number of fused-ring (bicyclic) bond motifs is 2. The van der Waals surface area contributed by atoms with Gasteiger partial charge in [-0.2, -0.15) is 0 Å². The molecule has 5 rings (SSSR count). The molecule has 10 heteroatoms. The van der Waals surface area contributed by atoms with Crippen molar-refractivity contribution in [2.24, 2.45) is 0 Å². The third-order valence-electron chi connectivity index (χ3n) is 6.61. The number of aromatic nitrogens is 2. The maximum Gasteiger partial charge on any atom is 0.420 e. The van der Waals surface area contributed by atoms with Gasteiger partial charge in [0.1, 0.15) is 22.7 Å². The first-order valence-electron chi connectivity index (χ1n) is 13.3. The van der Waals surface area contributed by atoms with Gasteiger partial charge in [-0.05, 0) is 64.1 Å². The Balaban J connectivity index is 1.42. The number of nitrogens with zero attached hydrogens (tertiary/aromatic N) is 3. The van der Waals surface area contributed by atoms with Gasteiger partial charge < -0.3 is 24.4 Å². The van der Waals surface area contributed by atoms with E-state index < -0.39 is 17.6 Å². The van der Waals surface area contributed by atoms with Gasteiger partial charge in [-0.15, -0.1) is 0 Å². The minimum absolute atomic E-state index is 0.221. The fraction of sp³-hybridized carbons (Fsp3) is 0.290. The number of methoxy groups -OCH3 is 1. The molecule has 1 aliphatic heterocycles. The first kappa shape index (κ1) is 27.9. The van der Waals surface area contributed by atoms with Crippen LogP contribution in [0.2, 0.25) is 0 Å². The molecule has 212 valence electrons. The predicted octanol–water partition coefficient (Wildman–Crippen LogP) is 5.57. The van der Waals surface area contributed by atoms with Gasteiger partial charge >= 0.3 is 6.09 Å². The second-order valence-electron chi connectivity index (χ2n) is 10.7. The molecule has 0 fully saturated rings. The predicted molar refractivity (Wildman–Crippen MR) is 155 cm³/mol. The number of amides is 2. The Bertz CT molecular complexity index is 1650. The lowest BCUT2D eigenvalue weighted by atomic mass is 10.1. The van der Waals surface area contributed by atoms with Crippen LogP contribution in [-0.2, 0) is 16.1 Å². The molecule has 1 N–H and O–H groups in total. The van der Waals surface area contributed by atoms with Crippen LogP contribution in [-0.4, -0.2) is 53.3 Å². The van der Waals surface area contributed by atoms with E-state index in [2.05, 4.69) is 10.3 Å². The molecule has 0 saturated heterocycles. The lowest BCUT2D eigenvalue weighted by Crippen LogP contribution is -2.33. The van der Waals surface area contributed by atoms with E-state index in [1.165, 1.54) is 11.7 Å². The molecule has 0 bridgehead atoms. The highest BCUT2D eigenvalue weighted by Crippen LogP contribution is 2.29. The molecule has 41 heavy (non-hydrogen) atoms. The van der Waals surface area contributed by atoms with Crippen molar-refractivity contribution in [3.63, 3.8) is 0 Å². The minimum atomic E-state index is -0.680. The molecule has 0 aliphatic carbocycles. The number of imidazole rings is 1. The molecule has 0 unspecified atom stereocenters. The molecule has 0 saturated carbocycles. The number of nitrogens with one attached hydrogen (secondary N) is 1. The number of anilines is 2. The summed E-state index contributed by atoms with van der Waals surface area (Å²) in [5, 5.41) is 2.88. The van der Waals surface area contributed by atoms with Gasteiger partial charge in [0.15, 0.2) is 0 Å². The van der Waals surface area contributed by atoms with Crippen LogP contribution in [0.15, 0.2) is 60.7 Å². The number of carbonyl (C=O) groups is 3. The number of rotatable bonds is 4. The normalized spacial score (nSPS) is 13.3. The second-order valence-corrected chi connectivity index (χ2v) is 10.7. The molecule has 4 aromatic rings. The Morgan fingerprint density at radius 3 is 2.56 bits per heavy atom. The van der Waals surface area contributed by atoms with Crippen molar-refractivity contribution in [2.45, 2.75) is 39.9 Å². The lowest BCUT2D eigenvalue weighted by Gasteiger charge is -2.22. The van der Waals surface area contributed by atoms with E-state index in [-0.39, 0.29) is 17.2 Å². The van der Waals surface area contributed by atoms with Crippen molar-refractivity contribution in [1.29, 1.82) is 0 Å². The summed E-state index contributed by atoms with van der Waals surface area (Å²) in [6.45, 7) is 8.32. The molecular formula is C31H32N4O6. The summed E-state index contributed by atoms with van der Waals surface area (Å²) < 4.78 is 18.1. The highest BCUT2D eigenvalue weighted by Gasteiger charge is 2.26. The van der Waals surface area contributed by atoms with Crippen LogP contribution in [0.5, 0.6) is 5.75 Å². The number of para-hydroxylation sites is 2. The van der Waals surface area contributed by atoms with Crippen LogP contribution >= 0.6 is 0 Å². The summed E-state index contributed by atoms with van der Waals surface area (Å²) in [7, 11) is 1.45. The smallest absolute Gasteiger partial charge is 0.420 e. The van der Waals surface area contributed by atoms with Crippen molar-refractivity contribution in [3.8, 4) is 5.75 Å². The number of benzene rings is 3. The van der Waals surface area contributed by atoms with Gasteiger partial charge in [0.05, 0.1) is 37.1 Å². The van der Waals surface area contributed by atoms with Crippen LogP contribution in [0.1, 0.15) is 52.9 Å². The Morgan fingerprint density at radius 1 is 1.02 bits per heavy atom. The van der Waals surface area contributed by atoms with E-state index >= 15 is 0 Å². The van der Waals surface area contributed by atoms with Crippen molar-refractivity contribution >= 4 is 40.3 Å². The maximum atomic E-state index is 13.5. The standard InChI is InChI=1S/C31H32N4O6/c1-19-32-27-23(10-8-12-25(27)35(19)30(38)41-31(2,3)4)33-28(36)22-14-13-20(17-26(22)39-5)29(37)34-15-16-40-18-21-9-6-7-11-24(21)34/h6-14,17H,15-16,18H2,1-5H3,(H,33,36). The topological polar surface area (TPSA) is 112 Å². The van der Waals surface area contributed by atoms with E-state index in [4.69, 9.17) is 14.2 Å². The van der Waals surface area contributed by atoms with Gasteiger partial charge in [-0.3, -0.25) is 9.59 Å². The average Bonchev–Trinajstić information content (AvgIpc) is 3.13. The largest absolute Gasteiger partial charge is 0.496 e. The Kier molecular flexibility index (Phi) is 7.51. The van der Waals surface area contributed by atoms with Crippen molar-refractivity contribution in [1.82, 2.24) is 9.55 Å². The molecular weight excluding hydrogens is 524 g/mol. The number of hydrogen-bond acceptors (Lipinski definition) is 7. The van der Waals surface area contributed by atoms with E-state index in [1.54, 1.807) is 69.0 Å². The van der Waals surface area contributed by atoms with Gasteiger partial charge in [0.25, 0.3) is 11.8 Å². The minimum Gasteiger partial charge on any atom is -0.496 e. The molecule has 2 heterocycles. The maximum absolute atomic E-state index is 13.5. The number of aryl methyl sites for hydroxylation is 1. The summed E-state index contributed by atoms with van der Waals surface area (Å²) in [5.74, 6) is -0.000278. The van der Waals surface area contributed by atoms with E-state index in [9.17, 15) is 14.4 Å². The summed E-state index contributed by atoms with van der Waals surface area (Å²) >= 11 is 0. The SMILES string of the molecule is COc1cc(C(=O)N2CCOCc3ccccc32)ccc1C(=O)Nc1cccc2c1nc(C)n2C(=O)OC(C)(C)C. The number of hydrogen-bond donors (Lipinski definition) is 1. The monoisotopic (exact) mass is 556 g/mol. The third kappa shape index (κ3) is 5.64. The van der Waals surface area contributed by atoms with Gasteiger partial charge in [-0.25, -0.2) is 14.3 Å². The number of carbonyl (C=O) groups excluding carboxylic acids is 3. The van der Waals surface area contributed by atoms with E-state index in [0.717, 1.165) is 11.3 Å². The van der Waals surface area contributed by atoms with E-state index in [0.29, 0.717) is 47.9 Å². The Hall–Kier alpha value is -4.70. The third-order valence-corrected chi connectivity index (χ3v) is 6.61. The van der Waals surface area contributed by atoms with Gasteiger partial charge in [0, 0.05) is 23.4 Å². The fourth-order valence-electron chi connectivity index (χ4n) is 4.78. The van der Waals surface area contributed by atoms with Crippen LogP contribution in [0.4, 0.5) is 16.2 Å². The first-order chi connectivity index (χ1) is 19.6. The molecule has 0 radical (unpaired) electrons. The Morgan fingerprint density at radius 2 is 1.80 bits per heavy atom. The summed E-state index contributed by atoms with van der Waals surface area (Å²) in [6.07, 6.45) is -0.554. The zero-order valence-corrected chi connectivity index (χ0v) is 23.7. The van der Waals surface area contributed by atoms with Gasteiger partial charge in [-0.1, -0.05) is 24.3 Å². The first-order valence-corrected chi connectivity index (χ1v) is 13.3. The van der Waals surface area contributed by atoms with Crippen molar-refractivity contribution in [2.75, 3.05) is 30.5 Å². The average molecular weight is 557 g/mol. The Labute approximate surface area is 237 Å². The van der Waals surface area contributed by atoms with Gasteiger partial charge in [0.2, 0.25) is 0 Å². The van der Waals surface area contributed by atoms with Crippen LogP contribution in [0.25, 0.3) is 11.0 Å². The molecule has 1 aromatic heterocycles. The lowest BCUT2D eigenvalue weighted by molar-refractivity contribution is 0.0540. The molecule has 2 amide bonds. The quantitative estimate of drug-likeness (QED) is 0.350. The number of ether oxygens (including phenoxy) is 3. The van der Waals surface area contributed by atoms with Crippen molar-refractivity contribution in [3.05, 3.63) is 83.2 Å². The highest BCUT2D eigenvalue weighted by atomic mass is 16.6. The molecule has 0 atom stereocenters. The molecule has 1 aliphatic rings. The molecule has 10 nitrogen and oxygen atoms in total. The summed E-state index contributed by atoms with van der Waals surface area (Å²) in [6, 6.07) is 17.5. The van der Waals surface area contributed by atoms with E-state index in [1.807, 2.05) is 24.3 Å². The highest BCUT2D eigenvalue weighted by molar-refractivity contribution is 6.12. The zero-order valence-electron chi connectivity index (χ0n) is 23.7. The second kappa shape index (κ2) is 11.1. The van der Waals surface area contributed by atoms with Crippen molar-refractivity contribution < 1.29 is 28.6 Å².